The van der Waals surface area contributed by atoms with Gasteiger partial charge in [0, 0.05) is 0 Å². The Hall–Kier alpha value is -1.01. The molecule has 3 nitrogen and oxygen atoms in total. The fourth-order valence-corrected chi connectivity index (χ4v) is 0.875. The Morgan fingerprint density at radius 1 is 1.36 bits per heavy atom. The van der Waals surface area contributed by atoms with E-state index >= 15 is 0 Å². The predicted molar refractivity (Wildman–Crippen MR) is 42.3 cm³/mol. The molecule has 1 aromatic heterocycles. The standard InChI is InChI=1S/C8H10F3NO2/c1-7(12,4-13)5-2-3-6(14-5)8(9,10)11/h2-3,13H,4,12H2,1H3. The zero-order chi connectivity index (χ0) is 11.0. The van der Waals surface area contributed by atoms with Gasteiger partial charge >= 0.3 is 6.18 Å². The zero-order valence-corrected chi connectivity index (χ0v) is 7.43. The van der Waals surface area contributed by atoms with Crippen LogP contribution < -0.4 is 5.73 Å². The molecule has 3 N–H and O–H groups in total. The summed E-state index contributed by atoms with van der Waals surface area (Å²) in [5, 5.41) is 8.79. The highest BCUT2D eigenvalue weighted by atomic mass is 19.4. The van der Waals surface area contributed by atoms with Crippen molar-refractivity contribution >= 4 is 0 Å². The highest BCUT2D eigenvalue weighted by molar-refractivity contribution is 5.16. The molecule has 1 aromatic rings. The molecular formula is C8H10F3NO2. The second kappa shape index (κ2) is 3.29. The van der Waals surface area contributed by atoms with Crippen molar-refractivity contribution in [1.82, 2.24) is 0 Å². The SMILES string of the molecule is CC(N)(CO)c1ccc(C(F)(F)F)o1. The van der Waals surface area contributed by atoms with Crippen LogP contribution >= 0.6 is 0 Å². The molecule has 0 saturated heterocycles. The van der Waals surface area contributed by atoms with Gasteiger partial charge in [-0.25, -0.2) is 0 Å². The maximum atomic E-state index is 12.1. The van der Waals surface area contributed by atoms with Crippen molar-refractivity contribution in [2.75, 3.05) is 6.61 Å². The van der Waals surface area contributed by atoms with E-state index in [1.807, 2.05) is 0 Å². The minimum atomic E-state index is -4.52. The van der Waals surface area contributed by atoms with E-state index in [9.17, 15) is 13.2 Å². The van der Waals surface area contributed by atoms with E-state index in [4.69, 9.17) is 10.8 Å². The first-order chi connectivity index (χ1) is 6.27. The number of aliphatic hydroxyl groups excluding tert-OH is 1. The number of aliphatic hydroxyl groups is 1. The largest absolute Gasteiger partial charge is 0.454 e. The van der Waals surface area contributed by atoms with Crippen LogP contribution in [0.3, 0.4) is 0 Å². The van der Waals surface area contributed by atoms with Gasteiger partial charge < -0.3 is 15.3 Å². The summed E-state index contributed by atoms with van der Waals surface area (Å²) in [7, 11) is 0. The topological polar surface area (TPSA) is 59.4 Å². The van der Waals surface area contributed by atoms with Crippen LogP contribution in [0, 0.1) is 0 Å². The summed E-state index contributed by atoms with van der Waals surface area (Å²) in [5.74, 6) is -1.20. The third-order valence-electron chi connectivity index (χ3n) is 1.78. The van der Waals surface area contributed by atoms with Crippen molar-refractivity contribution in [3.8, 4) is 0 Å². The Morgan fingerprint density at radius 2 is 1.86 bits per heavy atom. The van der Waals surface area contributed by atoms with Gasteiger partial charge in [0.2, 0.25) is 5.76 Å². The third-order valence-corrected chi connectivity index (χ3v) is 1.78. The quantitative estimate of drug-likeness (QED) is 0.775. The summed E-state index contributed by atoms with van der Waals surface area (Å²) in [5.41, 5.74) is 4.19. The van der Waals surface area contributed by atoms with Gasteiger partial charge in [0.15, 0.2) is 0 Å². The number of hydrogen-bond acceptors (Lipinski definition) is 3. The lowest BCUT2D eigenvalue weighted by Gasteiger charge is -2.18. The van der Waals surface area contributed by atoms with Crippen molar-refractivity contribution in [3.63, 3.8) is 0 Å². The Labute approximate surface area is 78.3 Å². The van der Waals surface area contributed by atoms with Gasteiger partial charge in [0.05, 0.1) is 12.1 Å². The van der Waals surface area contributed by atoms with E-state index in [0.717, 1.165) is 12.1 Å². The summed E-state index contributed by atoms with van der Waals surface area (Å²) in [6, 6.07) is 1.90. The molecule has 0 aliphatic heterocycles. The molecule has 80 valence electrons. The summed E-state index contributed by atoms with van der Waals surface area (Å²) in [4.78, 5) is 0. The molecule has 14 heavy (non-hydrogen) atoms. The number of alkyl halides is 3. The van der Waals surface area contributed by atoms with Crippen LogP contribution in [0.15, 0.2) is 16.5 Å². The molecule has 0 radical (unpaired) electrons. The van der Waals surface area contributed by atoms with E-state index in [1.54, 1.807) is 0 Å². The van der Waals surface area contributed by atoms with E-state index in [0.29, 0.717) is 0 Å². The lowest BCUT2D eigenvalue weighted by Crippen LogP contribution is -2.36. The van der Waals surface area contributed by atoms with Crippen molar-refractivity contribution < 1.29 is 22.7 Å². The predicted octanol–water partition coefficient (Wildman–Crippen LogP) is 1.46. The normalized spacial score (nSPS) is 16.7. The molecule has 0 saturated carbocycles. The summed E-state index contributed by atoms with van der Waals surface area (Å²) in [6.45, 7) is 0.893. The number of furan rings is 1. The molecule has 0 bridgehead atoms. The monoisotopic (exact) mass is 209 g/mol. The second-order valence-electron chi connectivity index (χ2n) is 3.24. The zero-order valence-electron chi connectivity index (χ0n) is 7.43. The van der Waals surface area contributed by atoms with E-state index in [1.165, 1.54) is 6.92 Å². The Bertz CT molecular complexity index is 317. The third kappa shape index (κ3) is 2.08. The molecule has 0 amide bonds. The molecule has 1 unspecified atom stereocenters. The van der Waals surface area contributed by atoms with Crippen LogP contribution in [-0.4, -0.2) is 11.7 Å². The van der Waals surface area contributed by atoms with Crippen molar-refractivity contribution in [3.05, 3.63) is 23.7 Å². The molecule has 0 aromatic carbocycles. The van der Waals surface area contributed by atoms with E-state index in [-0.39, 0.29) is 5.76 Å². The Kier molecular flexibility index (Phi) is 2.60. The van der Waals surface area contributed by atoms with Crippen LogP contribution in [0.5, 0.6) is 0 Å². The van der Waals surface area contributed by atoms with Crippen LogP contribution in [0.1, 0.15) is 18.4 Å². The number of nitrogens with two attached hydrogens (primary N) is 1. The van der Waals surface area contributed by atoms with E-state index < -0.39 is 24.1 Å². The lowest BCUT2D eigenvalue weighted by molar-refractivity contribution is -0.153. The molecule has 1 heterocycles. The fraction of sp³-hybridized carbons (Fsp3) is 0.500. The van der Waals surface area contributed by atoms with Crippen molar-refractivity contribution in [2.45, 2.75) is 18.6 Å². The molecular weight excluding hydrogens is 199 g/mol. The second-order valence-corrected chi connectivity index (χ2v) is 3.24. The highest BCUT2D eigenvalue weighted by Gasteiger charge is 2.36. The summed E-state index contributed by atoms with van der Waals surface area (Å²) < 4.78 is 40.8. The van der Waals surface area contributed by atoms with Crippen LogP contribution in [0.4, 0.5) is 13.2 Å². The minimum Gasteiger partial charge on any atom is -0.454 e. The summed E-state index contributed by atoms with van der Waals surface area (Å²) >= 11 is 0. The maximum absolute atomic E-state index is 12.1. The minimum absolute atomic E-state index is 0.0904. The maximum Gasteiger partial charge on any atom is 0.449 e. The average Bonchev–Trinajstić information content (AvgIpc) is 2.51. The van der Waals surface area contributed by atoms with Gasteiger partial charge in [-0.05, 0) is 19.1 Å². The molecule has 6 heteroatoms. The first-order valence-electron chi connectivity index (χ1n) is 3.84. The highest BCUT2D eigenvalue weighted by Crippen LogP contribution is 2.32. The fourth-order valence-electron chi connectivity index (χ4n) is 0.875. The van der Waals surface area contributed by atoms with Crippen LogP contribution in [0.2, 0.25) is 0 Å². The molecule has 0 fully saturated rings. The number of hydrogen-bond donors (Lipinski definition) is 2. The van der Waals surface area contributed by atoms with E-state index in [2.05, 4.69) is 4.42 Å². The first-order valence-corrected chi connectivity index (χ1v) is 3.84. The van der Waals surface area contributed by atoms with Gasteiger partial charge in [0.1, 0.15) is 5.76 Å². The Morgan fingerprint density at radius 3 is 2.21 bits per heavy atom. The van der Waals surface area contributed by atoms with Crippen LogP contribution in [-0.2, 0) is 11.7 Å². The number of rotatable bonds is 2. The smallest absolute Gasteiger partial charge is 0.449 e. The van der Waals surface area contributed by atoms with Gasteiger partial charge in [-0.2, -0.15) is 13.2 Å². The first kappa shape index (κ1) is 11.1. The molecule has 0 aliphatic carbocycles. The molecule has 1 rings (SSSR count). The molecule has 1 atom stereocenters. The molecule has 0 spiro atoms. The van der Waals surface area contributed by atoms with Crippen LogP contribution in [0.25, 0.3) is 0 Å². The van der Waals surface area contributed by atoms with Gasteiger partial charge in [-0.15, -0.1) is 0 Å². The van der Waals surface area contributed by atoms with Gasteiger partial charge in [-0.3, -0.25) is 0 Å². The lowest BCUT2D eigenvalue weighted by atomic mass is 10.0. The summed E-state index contributed by atoms with van der Waals surface area (Å²) in [6.07, 6.45) is -4.52. The molecule has 0 aliphatic rings. The Balaban J connectivity index is 3.00. The van der Waals surface area contributed by atoms with Crippen molar-refractivity contribution in [1.29, 1.82) is 0 Å². The van der Waals surface area contributed by atoms with Gasteiger partial charge in [-0.1, -0.05) is 0 Å². The van der Waals surface area contributed by atoms with Gasteiger partial charge in [0.25, 0.3) is 0 Å². The van der Waals surface area contributed by atoms with Crippen molar-refractivity contribution in [2.24, 2.45) is 5.73 Å². The number of halogens is 3. The average molecular weight is 209 g/mol.